The fourth-order valence-electron chi connectivity index (χ4n) is 2.72. The van der Waals surface area contributed by atoms with Gasteiger partial charge in [-0.05, 0) is 36.8 Å². The van der Waals surface area contributed by atoms with Crippen LogP contribution in [0.25, 0.3) is 10.9 Å². The Morgan fingerprint density at radius 3 is 2.56 bits per heavy atom. The average Bonchev–Trinajstić information content (AvgIpc) is 2.65. The van der Waals surface area contributed by atoms with Crippen molar-refractivity contribution in [2.45, 2.75) is 6.92 Å². The van der Waals surface area contributed by atoms with Crippen molar-refractivity contribution >= 4 is 52.3 Å². The van der Waals surface area contributed by atoms with E-state index in [0.29, 0.717) is 38.8 Å². The predicted molar refractivity (Wildman–Crippen MR) is 109 cm³/mol. The molecule has 0 bridgehead atoms. The lowest BCUT2D eigenvalue weighted by Crippen LogP contribution is -2.06. The van der Waals surface area contributed by atoms with Gasteiger partial charge in [-0.2, -0.15) is 0 Å². The summed E-state index contributed by atoms with van der Waals surface area (Å²) < 4.78 is 10.6. The molecular weight excluding hydrogens is 391 g/mol. The van der Waals surface area contributed by atoms with Gasteiger partial charge >= 0.3 is 5.97 Å². The summed E-state index contributed by atoms with van der Waals surface area (Å²) in [5.74, 6) is 0.0754. The minimum Gasteiger partial charge on any atom is -0.497 e. The molecule has 0 saturated heterocycles. The number of aromatic carboxylic acids is 1. The van der Waals surface area contributed by atoms with Crippen molar-refractivity contribution in [3.05, 3.63) is 52.7 Å². The Balaban J connectivity index is 0.00000261. The van der Waals surface area contributed by atoms with Gasteiger partial charge in [-0.1, -0.05) is 11.6 Å². The minimum atomic E-state index is -1.08. The summed E-state index contributed by atoms with van der Waals surface area (Å²) in [4.78, 5) is 16.0. The standard InChI is InChI=1S/C19H17ClN2O4.ClH/c1-10-14(20)6-5-12-17(10)21-9-13(19(23)24)18(12)22-15-7-4-11(25-2)8-16(15)26-3;/h4-9H,1-3H3,(H,21,22)(H,23,24);1H. The first kappa shape index (κ1) is 20.6. The number of carbonyl (C=O) groups is 1. The highest BCUT2D eigenvalue weighted by molar-refractivity contribution is 6.32. The van der Waals surface area contributed by atoms with Crippen molar-refractivity contribution in [1.29, 1.82) is 0 Å². The van der Waals surface area contributed by atoms with Crippen LogP contribution in [0.3, 0.4) is 0 Å². The highest BCUT2D eigenvalue weighted by Crippen LogP contribution is 2.37. The molecule has 0 unspecified atom stereocenters. The summed E-state index contributed by atoms with van der Waals surface area (Å²) in [6, 6.07) is 8.72. The zero-order valence-electron chi connectivity index (χ0n) is 14.9. The summed E-state index contributed by atoms with van der Waals surface area (Å²) in [5.41, 5.74) is 2.50. The SMILES string of the molecule is COc1ccc(Nc2c(C(=O)O)cnc3c(C)c(Cl)ccc23)c(OC)c1.Cl. The van der Waals surface area contributed by atoms with E-state index in [-0.39, 0.29) is 18.0 Å². The maximum absolute atomic E-state index is 11.7. The van der Waals surface area contributed by atoms with Crippen LogP contribution in [0.2, 0.25) is 5.02 Å². The number of fused-ring (bicyclic) bond motifs is 1. The lowest BCUT2D eigenvalue weighted by molar-refractivity contribution is 0.0697. The van der Waals surface area contributed by atoms with Crippen LogP contribution in [0.1, 0.15) is 15.9 Å². The summed E-state index contributed by atoms with van der Waals surface area (Å²) in [6.07, 6.45) is 1.33. The molecular formula is C19H18Cl2N2O4. The third kappa shape index (κ3) is 3.86. The maximum Gasteiger partial charge on any atom is 0.339 e. The van der Waals surface area contributed by atoms with E-state index in [4.69, 9.17) is 21.1 Å². The van der Waals surface area contributed by atoms with E-state index in [2.05, 4.69) is 10.3 Å². The molecule has 1 heterocycles. The van der Waals surface area contributed by atoms with Crippen molar-refractivity contribution in [3.8, 4) is 11.5 Å². The molecule has 0 radical (unpaired) electrons. The number of methoxy groups -OCH3 is 2. The van der Waals surface area contributed by atoms with Gasteiger partial charge in [-0.15, -0.1) is 12.4 Å². The van der Waals surface area contributed by atoms with Gasteiger partial charge in [0.15, 0.2) is 0 Å². The van der Waals surface area contributed by atoms with Crippen LogP contribution in [0.15, 0.2) is 36.5 Å². The molecule has 0 saturated carbocycles. The Morgan fingerprint density at radius 2 is 1.93 bits per heavy atom. The van der Waals surface area contributed by atoms with Crippen LogP contribution in [0.4, 0.5) is 11.4 Å². The molecule has 0 aliphatic rings. The number of carboxylic acid groups (broad SMARTS) is 1. The van der Waals surface area contributed by atoms with Crippen LogP contribution >= 0.6 is 24.0 Å². The van der Waals surface area contributed by atoms with E-state index < -0.39 is 5.97 Å². The molecule has 3 aromatic rings. The average molecular weight is 409 g/mol. The van der Waals surface area contributed by atoms with Gasteiger partial charge in [-0.3, -0.25) is 4.98 Å². The van der Waals surface area contributed by atoms with Gasteiger partial charge in [0.1, 0.15) is 17.1 Å². The number of nitrogens with one attached hydrogen (secondary N) is 1. The number of rotatable bonds is 5. The van der Waals surface area contributed by atoms with Crippen LogP contribution in [0.5, 0.6) is 11.5 Å². The van der Waals surface area contributed by atoms with Gasteiger partial charge in [0.2, 0.25) is 0 Å². The molecule has 2 aromatic carbocycles. The number of benzene rings is 2. The summed E-state index contributed by atoms with van der Waals surface area (Å²) >= 11 is 6.17. The number of hydrogen-bond acceptors (Lipinski definition) is 5. The van der Waals surface area contributed by atoms with Crippen LogP contribution < -0.4 is 14.8 Å². The summed E-state index contributed by atoms with van der Waals surface area (Å²) in [6.45, 7) is 1.84. The largest absolute Gasteiger partial charge is 0.497 e. The number of carboxylic acids is 1. The maximum atomic E-state index is 11.7. The fourth-order valence-corrected chi connectivity index (χ4v) is 2.87. The number of pyridine rings is 1. The number of anilines is 2. The normalized spacial score (nSPS) is 10.2. The second-order valence-corrected chi connectivity index (χ2v) is 6.02. The molecule has 27 heavy (non-hydrogen) atoms. The molecule has 2 N–H and O–H groups in total. The van der Waals surface area contributed by atoms with Gasteiger partial charge in [0, 0.05) is 22.7 Å². The zero-order chi connectivity index (χ0) is 18.8. The van der Waals surface area contributed by atoms with Gasteiger partial charge in [0.05, 0.1) is 31.1 Å². The zero-order valence-corrected chi connectivity index (χ0v) is 16.4. The number of halogens is 2. The van der Waals surface area contributed by atoms with E-state index in [0.717, 1.165) is 5.56 Å². The topological polar surface area (TPSA) is 80.7 Å². The summed E-state index contributed by atoms with van der Waals surface area (Å²) in [7, 11) is 3.10. The molecule has 0 atom stereocenters. The lowest BCUT2D eigenvalue weighted by Gasteiger charge is -2.16. The molecule has 6 nitrogen and oxygen atoms in total. The smallest absolute Gasteiger partial charge is 0.339 e. The molecule has 142 valence electrons. The molecule has 0 aliphatic heterocycles. The monoisotopic (exact) mass is 408 g/mol. The van der Waals surface area contributed by atoms with Crippen LogP contribution in [0, 0.1) is 6.92 Å². The minimum absolute atomic E-state index is 0. The third-order valence-corrected chi connectivity index (χ3v) is 4.53. The van der Waals surface area contributed by atoms with Crippen molar-refractivity contribution in [3.63, 3.8) is 0 Å². The molecule has 0 aliphatic carbocycles. The van der Waals surface area contributed by atoms with E-state index in [1.165, 1.54) is 13.3 Å². The first-order chi connectivity index (χ1) is 12.5. The van der Waals surface area contributed by atoms with Crippen molar-refractivity contribution in [1.82, 2.24) is 4.98 Å². The number of aryl methyl sites for hydroxylation is 1. The van der Waals surface area contributed by atoms with Gasteiger partial charge in [0.25, 0.3) is 0 Å². The van der Waals surface area contributed by atoms with E-state index in [9.17, 15) is 9.90 Å². The summed E-state index contributed by atoms with van der Waals surface area (Å²) in [5, 5.41) is 14.0. The number of ether oxygens (including phenoxy) is 2. The Morgan fingerprint density at radius 1 is 1.19 bits per heavy atom. The highest BCUT2D eigenvalue weighted by Gasteiger charge is 2.18. The molecule has 3 rings (SSSR count). The van der Waals surface area contributed by atoms with Crippen molar-refractivity contribution < 1.29 is 19.4 Å². The van der Waals surface area contributed by atoms with Crippen molar-refractivity contribution in [2.24, 2.45) is 0 Å². The first-order valence-corrected chi connectivity index (χ1v) is 8.14. The van der Waals surface area contributed by atoms with Gasteiger partial charge < -0.3 is 19.9 Å². The molecule has 0 spiro atoms. The second kappa shape index (κ2) is 8.33. The number of hydrogen-bond donors (Lipinski definition) is 2. The Bertz CT molecular complexity index is 1010. The first-order valence-electron chi connectivity index (χ1n) is 7.76. The lowest BCUT2D eigenvalue weighted by atomic mass is 10.1. The third-order valence-electron chi connectivity index (χ3n) is 4.13. The highest BCUT2D eigenvalue weighted by atomic mass is 35.5. The predicted octanol–water partition coefficient (Wildman–Crippen LogP) is 5.08. The number of nitrogens with zero attached hydrogens (tertiary/aromatic N) is 1. The quantitative estimate of drug-likeness (QED) is 0.612. The Labute approximate surface area is 167 Å². The molecule has 0 fully saturated rings. The van der Waals surface area contributed by atoms with E-state index in [1.807, 2.05) is 6.92 Å². The second-order valence-electron chi connectivity index (χ2n) is 5.61. The van der Waals surface area contributed by atoms with E-state index in [1.54, 1.807) is 37.4 Å². The van der Waals surface area contributed by atoms with Crippen LogP contribution in [-0.4, -0.2) is 30.3 Å². The molecule has 0 amide bonds. The molecule has 1 aromatic heterocycles. The Kier molecular flexibility index (Phi) is 6.36. The van der Waals surface area contributed by atoms with Gasteiger partial charge in [-0.25, -0.2) is 4.79 Å². The Hall–Kier alpha value is -2.70. The van der Waals surface area contributed by atoms with E-state index >= 15 is 0 Å². The number of aromatic nitrogens is 1. The van der Waals surface area contributed by atoms with Crippen LogP contribution in [-0.2, 0) is 0 Å². The molecule has 8 heteroatoms. The van der Waals surface area contributed by atoms with Crippen molar-refractivity contribution in [2.75, 3.05) is 19.5 Å². The fraction of sp³-hybridized carbons (Fsp3) is 0.158.